The molecule has 0 bridgehead atoms. The van der Waals surface area contributed by atoms with E-state index >= 15 is 0 Å². The maximum Gasteiger partial charge on any atom is 0.171 e. The fraction of sp³-hybridized carbons (Fsp3) is 0.471. The Hall–Kier alpha value is -1.89. The second kappa shape index (κ2) is 5.58. The van der Waals surface area contributed by atoms with Crippen LogP contribution in [-0.2, 0) is 19.5 Å². The van der Waals surface area contributed by atoms with Gasteiger partial charge < -0.3 is 4.90 Å². The minimum absolute atomic E-state index is 0.234. The summed E-state index contributed by atoms with van der Waals surface area (Å²) in [6.45, 7) is 9.51. The molecule has 0 N–H and O–H groups in total. The zero-order valence-electron chi connectivity index (χ0n) is 14.2. The monoisotopic (exact) mass is 388 g/mol. The van der Waals surface area contributed by atoms with E-state index in [9.17, 15) is 0 Å². The first-order valence-electron chi connectivity index (χ1n) is 8.19. The number of rotatable bonds is 2. The van der Waals surface area contributed by atoms with Crippen molar-refractivity contribution < 1.29 is 0 Å². The molecule has 6 nitrogen and oxygen atoms in total. The molecule has 126 valence electrons. The number of hydrogen-bond donors (Lipinski definition) is 0. The van der Waals surface area contributed by atoms with Gasteiger partial charge in [0.05, 0.1) is 16.9 Å². The van der Waals surface area contributed by atoms with Crippen LogP contribution in [0.3, 0.4) is 0 Å². The van der Waals surface area contributed by atoms with Gasteiger partial charge in [0.2, 0.25) is 0 Å². The van der Waals surface area contributed by atoms with Crippen molar-refractivity contribution in [2.45, 2.75) is 40.3 Å². The van der Waals surface area contributed by atoms with E-state index in [2.05, 4.69) is 56.5 Å². The molecule has 0 radical (unpaired) electrons. The summed E-state index contributed by atoms with van der Waals surface area (Å²) in [5.41, 5.74) is 3.76. The molecular weight excluding hydrogens is 368 g/mol. The van der Waals surface area contributed by atoms with Crippen molar-refractivity contribution in [1.82, 2.24) is 24.4 Å². The van der Waals surface area contributed by atoms with Gasteiger partial charge in [0.1, 0.15) is 5.82 Å². The van der Waals surface area contributed by atoms with E-state index in [-0.39, 0.29) is 5.41 Å². The second-order valence-corrected chi connectivity index (χ2v) is 8.41. The minimum atomic E-state index is 0.234. The topological polar surface area (TPSA) is 51.2 Å². The maximum absolute atomic E-state index is 4.75. The third kappa shape index (κ3) is 2.81. The highest BCUT2D eigenvalue weighted by Crippen LogP contribution is 2.26. The molecule has 0 amide bonds. The largest absolute Gasteiger partial charge is 0.352 e. The van der Waals surface area contributed by atoms with Gasteiger partial charge in [-0.1, -0.05) is 20.8 Å². The van der Waals surface area contributed by atoms with E-state index in [0.29, 0.717) is 0 Å². The van der Waals surface area contributed by atoms with Gasteiger partial charge >= 0.3 is 0 Å². The number of hydrogen-bond acceptors (Lipinski definition) is 4. The predicted molar refractivity (Wildman–Crippen MR) is 97.1 cm³/mol. The fourth-order valence-electron chi connectivity index (χ4n) is 3.19. The average Bonchev–Trinajstić information content (AvgIpc) is 3.09. The molecule has 0 saturated carbocycles. The van der Waals surface area contributed by atoms with Gasteiger partial charge in [-0.3, -0.25) is 4.68 Å². The molecule has 1 aliphatic rings. The first kappa shape index (κ1) is 15.6. The van der Waals surface area contributed by atoms with E-state index in [1.807, 2.05) is 18.5 Å². The molecule has 24 heavy (non-hydrogen) atoms. The van der Waals surface area contributed by atoms with Gasteiger partial charge in [-0.25, -0.2) is 9.50 Å². The first-order valence-corrected chi connectivity index (χ1v) is 8.98. The fourth-order valence-corrected chi connectivity index (χ4v) is 3.55. The Labute approximate surface area is 149 Å². The van der Waals surface area contributed by atoms with Gasteiger partial charge in [-0.2, -0.15) is 10.2 Å². The van der Waals surface area contributed by atoms with E-state index in [0.717, 1.165) is 42.0 Å². The highest BCUT2D eigenvalue weighted by molar-refractivity contribution is 9.10. The van der Waals surface area contributed by atoms with Crippen molar-refractivity contribution in [2.75, 3.05) is 11.4 Å². The summed E-state index contributed by atoms with van der Waals surface area (Å²) in [4.78, 5) is 7.06. The SMILES string of the molecule is CC(C)(C)Cn1ncc2c1CCN(c1ccn3ncc(Br)c3n1)C2. The molecule has 3 aromatic rings. The third-order valence-corrected chi connectivity index (χ3v) is 4.83. The summed E-state index contributed by atoms with van der Waals surface area (Å²) in [6, 6.07) is 2.02. The van der Waals surface area contributed by atoms with Crippen molar-refractivity contribution >= 4 is 27.4 Å². The lowest BCUT2D eigenvalue weighted by atomic mass is 9.96. The van der Waals surface area contributed by atoms with Crippen molar-refractivity contribution in [3.8, 4) is 0 Å². The normalized spacial score (nSPS) is 15.1. The standard InChI is InChI=1S/C17H21BrN6/c1-17(2,3)11-24-14-4-6-22(10-12(14)8-19-24)15-5-7-23-16(21-15)13(18)9-20-23/h5,7-9H,4,6,10-11H2,1-3H3. The molecule has 0 spiro atoms. The van der Waals surface area contributed by atoms with E-state index in [4.69, 9.17) is 4.98 Å². The highest BCUT2D eigenvalue weighted by Gasteiger charge is 2.24. The quantitative estimate of drug-likeness (QED) is 0.675. The maximum atomic E-state index is 4.75. The number of fused-ring (bicyclic) bond motifs is 2. The zero-order chi connectivity index (χ0) is 16.9. The molecule has 0 saturated heterocycles. The van der Waals surface area contributed by atoms with Crippen molar-refractivity contribution in [3.05, 3.63) is 40.4 Å². The first-order chi connectivity index (χ1) is 11.4. The molecule has 4 heterocycles. The van der Waals surface area contributed by atoms with Crippen molar-refractivity contribution in [2.24, 2.45) is 5.41 Å². The Morgan fingerprint density at radius 2 is 2.04 bits per heavy atom. The summed E-state index contributed by atoms with van der Waals surface area (Å²) >= 11 is 3.50. The van der Waals surface area contributed by atoms with Gasteiger partial charge in [0.25, 0.3) is 0 Å². The van der Waals surface area contributed by atoms with Crippen LogP contribution < -0.4 is 4.90 Å². The van der Waals surface area contributed by atoms with Crippen LogP contribution in [0, 0.1) is 5.41 Å². The van der Waals surface area contributed by atoms with Crippen LogP contribution in [0.4, 0.5) is 5.82 Å². The Morgan fingerprint density at radius 1 is 1.21 bits per heavy atom. The molecule has 1 aliphatic heterocycles. The lowest BCUT2D eigenvalue weighted by molar-refractivity contribution is 0.318. The second-order valence-electron chi connectivity index (χ2n) is 7.55. The molecule has 3 aromatic heterocycles. The Balaban J connectivity index is 1.60. The Bertz CT molecular complexity index is 888. The minimum Gasteiger partial charge on any atom is -0.352 e. The van der Waals surface area contributed by atoms with Gasteiger partial charge in [0, 0.05) is 43.5 Å². The molecular formula is C17H21BrN6. The summed E-state index contributed by atoms with van der Waals surface area (Å²) in [5, 5.41) is 8.87. The summed E-state index contributed by atoms with van der Waals surface area (Å²) in [5.74, 6) is 0.984. The lowest BCUT2D eigenvalue weighted by Crippen LogP contribution is -2.32. The number of halogens is 1. The van der Waals surface area contributed by atoms with Crippen LogP contribution in [0.5, 0.6) is 0 Å². The van der Waals surface area contributed by atoms with Crippen molar-refractivity contribution in [3.63, 3.8) is 0 Å². The molecule has 7 heteroatoms. The zero-order valence-corrected chi connectivity index (χ0v) is 15.8. The van der Waals surface area contributed by atoms with Gasteiger partial charge in [0.15, 0.2) is 5.65 Å². The van der Waals surface area contributed by atoms with Crippen LogP contribution in [0.15, 0.2) is 29.1 Å². The van der Waals surface area contributed by atoms with E-state index in [1.165, 1.54) is 11.3 Å². The number of aromatic nitrogens is 5. The summed E-state index contributed by atoms with van der Waals surface area (Å²) in [7, 11) is 0. The smallest absolute Gasteiger partial charge is 0.171 e. The third-order valence-electron chi connectivity index (χ3n) is 4.27. The molecule has 0 aromatic carbocycles. The van der Waals surface area contributed by atoms with Crippen molar-refractivity contribution in [1.29, 1.82) is 0 Å². The molecule has 0 atom stereocenters. The van der Waals surface area contributed by atoms with Crippen LogP contribution in [-0.4, -0.2) is 30.9 Å². The highest BCUT2D eigenvalue weighted by atomic mass is 79.9. The van der Waals surface area contributed by atoms with Crippen LogP contribution >= 0.6 is 15.9 Å². The van der Waals surface area contributed by atoms with Crippen LogP contribution in [0.25, 0.3) is 5.65 Å². The average molecular weight is 389 g/mol. The number of anilines is 1. The lowest BCUT2D eigenvalue weighted by Gasteiger charge is -2.29. The number of nitrogens with zero attached hydrogens (tertiary/aromatic N) is 6. The van der Waals surface area contributed by atoms with Crippen LogP contribution in [0.1, 0.15) is 32.0 Å². The van der Waals surface area contributed by atoms with Gasteiger partial charge in [-0.05, 0) is 27.4 Å². The molecule has 4 rings (SSSR count). The predicted octanol–water partition coefficient (Wildman–Crippen LogP) is 3.30. The molecule has 0 unspecified atom stereocenters. The van der Waals surface area contributed by atoms with Gasteiger partial charge in [-0.15, -0.1) is 0 Å². The van der Waals surface area contributed by atoms with Crippen LogP contribution in [0.2, 0.25) is 0 Å². The Kier molecular flexibility index (Phi) is 3.63. The van der Waals surface area contributed by atoms with E-state index < -0.39 is 0 Å². The Morgan fingerprint density at radius 3 is 2.83 bits per heavy atom. The molecule has 0 fully saturated rings. The summed E-state index contributed by atoms with van der Waals surface area (Å²) in [6.07, 6.45) is 6.75. The summed E-state index contributed by atoms with van der Waals surface area (Å²) < 4.78 is 4.88. The van der Waals surface area contributed by atoms with E-state index in [1.54, 1.807) is 10.7 Å². The molecule has 0 aliphatic carbocycles.